The van der Waals surface area contributed by atoms with Crippen LogP contribution in [0.15, 0.2) is 24.3 Å². The quantitative estimate of drug-likeness (QED) is 0.761. The molecule has 1 saturated heterocycles. The van der Waals surface area contributed by atoms with E-state index in [1.807, 2.05) is 6.07 Å². The number of amides is 2. The second-order valence-corrected chi connectivity index (χ2v) is 7.26. The zero-order chi connectivity index (χ0) is 19.5. The van der Waals surface area contributed by atoms with Crippen LogP contribution >= 0.6 is 11.6 Å². The molecule has 0 saturated carbocycles. The first-order chi connectivity index (χ1) is 12.3. The molecule has 1 aromatic rings. The van der Waals surface area contributed by atoms with E-state index in [0.717, 1.165) is 5.56 Å². The highest BCUT2D eigenvalue weighted by Crippen LogP contribution is 2.38. The summed E-state index contributed by atoms with van der Waals surface area (Å²) in [5.74, 6) is -1.93. The molecular weight excluding hydrogens is 356 g/mol. The van der Waals surface area contributed by atoms with Crippen molar-refractivity contribution >= 4 is 29.4 Å². The summed E-state index contributed by atoms with van der Waals surface area (Å²) in [5.41, 5.74) is -0.197. The van der Waals surface area contributed by atoms with E-state index >= 15 is 0 Å². The minimum atomic E-state index is -0.990. The van der Waals surface area contributed by atoms with Crippen LogP contribution < -0.4 is 5.32 Å². The van der Waals surface area contributed by atoms with Crippen molar-refractivity contribution in [1.29, 1.82) is 0 Å². The Kier molecular flexibility index (Phi) is 6.29. The van der Waals surface area contributed by atoms with Crippen LogP contribution in [0.2, 0.25) is 5.02 Å². The van der Waals surface area contributed by atoms with Crippen LogP contribution in [0, 0.1) is 11.3 Å². The normalized spacial score (nSPS) is 20.3. The number of carbonyl (C=O) groups excluding carboxylic acids is 2. The molecule has 1 aliphatic heterocycles. The number of likely N-dealkylation sites (tertiary alicyclic amines) is 1. The summed E-state index contributed by atoms with van der Waals surface area (Å²) in [6, 6.07) is 6.70. The topological polar surface area (TPSA) is 86.7 Å². The minimum Gasteiger partial charge on any atom is -0.481 e. The number of hydrogen-bond donors (Lipinski definition) is 2. The Labute approximate surface area is 158 Å². The van der Waals surface area contributed by atoms with Crippen LogP contribution in [0.5, 0.6) is 0 Å². The number of benzene rings is 1. The first-order valence-electron chi connectivity index (χ1n) is 8.78. The van der Waals surface area contributed by atoms with Gasteiger partial charge in [0.15, 0.2) is 0 Å². The van der Waals surface area contributed by atoms with Crippen molar-refractivity contribution in [1.82, 2.24) is 10.2 Å². The molecule has 142 valence electrons. The number of hydrogen-bond acceptors (Lipinski definition) is 3. The molecule has 2 amide bonds. The van der Waals surface area contributed by atoms with Crippen molar-refractivity contribution in [3.05, 3.63) is 34.9 Å². The van der Waals surface area contributed by atoms with E-state index in [0.29, 0.717) is 17.9 Å². The Morgan fingerprint density at radius 3 is 2.54 bits per heavy atom. The summed E-state index contributed by atoms with van der Waals surface area (Å²) in [6.45, 7) is 3.64. The standard InChI is InChI=1S/C19H25ClN2O4/c1-4-19(5-2,18(25)26)11-21-17(24)14-10-15(23)22(3)16(14)12-7-6-8-13(20)9-12/h6-9,14,16H,4-5,10-11H2,1-3H3,(H,21,24)(H,25,26)/t14-,16-/m0/s1. The summed E-state index contributed by atoms with van der Waals surface area (Å²) in [4.78, 5) is 38.2. The molecule has 2 rings (SSSR count). The Balaban J connectivity index is 2.21. The average molecular weight is 381 g/mol. The summed E-state index contributed by atoms with van der Waals surface area (Å²) in [7, 11) is 1.67. The summed E-state index contributed by atoms with van der Waals surface area (Å²) >= 11 is 6.06. The van der Waals surface area contributed by atoms with E-state index < -0.39 is 23.3 Å². The molecule has 0 spiro atoms. The molecule has 2 atom stereocenters. The number of carboxylic acid groups (broad SMARTS) is 1. The third-order valence-electron chi connectivity index (χ3n) is 5.52. The number of aliphatic carboxylic acids is 1. The van der Waals surface area contributed by atoms with Gasteiger partial charge in [-0.25, -0.2) is 0 Å². The SMILES string of the molecule is CCC(CC)(CNC(=O)[C@H]1CC(=O)N(C)[C@H]1c1cccc(Cl)c1)C(=O)O. The molecule has 7 heteroatoms. The van der Waals surface area contributed by atoms with E-state index in [2.05, 4.69) is 5.32 Å². The number of carboxylic acids is 1. The molecule has 0 unspecified atom stereocenters. The van der Waals surface area contributed by atoms with Gasteiger partial charge in [0.1, 0.15) is 0 Å². The molecule has 6 nitrogen and oxygen atoms in total. The predicted octanol–water partition coefficient (Wildman–Crippen LogP) is 2.87. The van der Waals surface area contributed by atoms with Crippen molar-refractivity contribution in [3.8, 4) is 0 Å². The maximum Gasteiger partial charge on any atom is 0.311 e. The van der Waals surface area contributed by atoms with Crippen LogP contribution in [0.1, 0.15) is 44.7 Å². The van der Waals surface area contributed by atoms with Crippen LogP contribution in [-0.4, -0.2) is 41.4 Å². The maximum atomic E-state index is 12.8. The van der Waals surface area contributed by atoms with E-state index in [-0.39, 0.29) is 24.8 Å². The molecular formula is C19H25ClN2O4. The number of nitrogens with one attached hydrogen (secondary N) is 1. The summed E-state index contributed by atoms with van der Waals surface area (Å²) in [5, 5.41) is 12.8. The Bertz CT molecular complexity index is 703. The number of halogens is 1. The Hall–Kier alpha value is -2.08. The van der Waals surface area contributed by atoms with Gasteiger partial charge in [0.05, 0.1) is 17.4 Å². The lowest BCUT2D eigenvalue weighted by molar-refractivity contribution is -0.149. The van der Waals surface area contributed by atoms with Crippen LogP contribution in [0.4, 0.5) is 0 Å². The molecule has 0 radical (unpaired) electrons. The Morgan fingerprint density at radius 2 is 2.00 bits per heavy atom. The number of rotatable bonds is 7. The lowest BCUT2D eigenvalue weighted by atomic mass is 9.82. The van der Waals surface area contributed by atoms with Crippen molar-refractivity contribution in [2.75, 3.05) is 13.6 Å². The molecule has 1 aliphatic rings. The third kappa shape index (κ3) is 3.85. The fraction of sp³-hybridized carbons (Fsp3) is 0.526. The van der Waals surface area contributed by atoms with Gasteiger partial charge in [-0.3, -0.25) is 14.4 Å². The highest BCUT2D eigenvalue weighted by Gasteiger charge is 2.44. The van der Waals surface area contributed by atoms with Gasteiger partial charge in [0, 0.05) is 25.0 Å². The predicted molar refractivity (Wildman–Crippen MR) is 98.7 cm³/mol. The van der Waals surface area contributed by atoms with Crippen LogP contribution in [-0.2, 0) is 14.4 Å². The van der Waals surface area contributed by atoms with Crippen molar-refractivity contribution in [3.63, 3.8) is 0 Å². The monoisotopic (exact) mass is 380 g/mol. The average Bonchev–Trinajstić information content (AvgIpc) is 2.91. The summed E-state index contributed by atoms with van der Waals surface area (Å²) in [6.07, 6.45) is 0.929. The second kappa shape index (κ2) is 8.08. The van der Waals surface area contributed by atoms with E-state index in [1.54, 1.807) is 44.0 Å². The van der Waals surface area contributed by atoms with Gasteiger partial charge in [0.25, 0.3) is 0 Å². The van der Waals surface area contributed by atoms with Crippen molar-refractivity contribution in [2.45, 2.75) is 39.2 Å². The van der Waals surface area contributed by atoms with Crippen molar-refractivity contribution in [2.24, 2.45) is 11.3 Å². The zero-order valence-corrected chi connectivity index (χ0v) is 16.0. The van der Waals surface area contributed by atoms with E-state index in [9.17, 15) is 19.5 Å². The number of nitrogens with zero attached hydrogens (tertiary/aromatic N) is 1. The first-order valence-corrected chi connectivity index (χ1v) is 9.15. The second-order valence-electron chi connectivity index (χ2n) is 6.83. The minimum absolute atomic E-state index is 0.0465. The highest BCUT2D eigenvalue weighted by atomic mass is 35.5. The molecule has 1 aromatic carbocycles. The molecule has 26 heavy (non-hydrogen) atoms. The lowest BCUT2D eigenvalue weighted by Crippen LogP contribution is -2.44. The molecule has 0 aromatic heterocycles. The highest BCUT2D eigenvalue weighted by molar-refractivity contribution is 6.30. The van der Waals surface area contributed by atoms with Gasteiger partial charge in [-0.2, -0.15) is 0 Å². The van der Waals surface area contributed by atoms with Gasteiger partial charge in [-0.15, -0.1) is 0 Å². The van der Waals surface area contributed by atoms with E-state index in [4.69, 9.17) is 11.6 Å². The Morgan fingerprint density at radius 1 is 1.35 bits per heavy atom. The molecule has 2 N–H and O–H groups in total. The third-order valence-corrected chi connectivity index (χ3v) is 5.76. The molecule has 0 bridgehead atoms. The van der Waals surface area contributed by atoms with Crippen molar-refractivity contribution < 1.29 is 19.5 Å². The van der Waals surface area contributed by atoms with Gasteiger partial charge < -0.3 is 15.3 Å². The van der Waals surface area contributed by atoms with Gasteiger partial charge in [-0.05, 0) is 30.5 Å². The number of carbonyl (C=O) groups is 3. The molecule has 1 fully saturated rings. The van der Waals surface area contributed by atoms with Gasteiger partial charge >= 0.3 is 5.97 Å². The first kappa shape index (κ1) is 20.2. The summed E-state index contributed by atoms with van der Waals surface area (Å²) < 4.78 is 0. The molecule has 1 heterocycles. The lowest BCUT2D eigenvalue weighted by Gasteiger charge is -2.29. The van der Waals surface area contributed by atoms with Crippen LogP contribution in [0.25, 0.3) is 0 Å². The van der Waals surface area contributed by atoms with Crippen LogP contribution in [0.3, 0.4) is 0 Å². The fourth-order valence-corrected chi connectivity index (χ4v) is 3.72. The maximum absolute atomic E-state index is 12.8. The largest absolute Gasteiger partial charge is 0.481 e. The van der Waals surface area contributed by atoms with E-state index in [1.165, 1.54) is 0 Å². The van der Waals surface area contributed by atoms with Gasteiger partial charge in [0.2, 0.25) is 11.8 Å². The fourth-order valence-electron chi connectivity index (χ4n) is 3.52. The zero-order valence-electron chi connectivity index (χ0n) is 15.3. The molecule has 0 aliphatic carbocycles. The van der Waals surface area contributed by atoms with Gasteiger partial charge in [-0.1, -0.05) is 37.6 Å². The smallest absolute Gasteiger partial charge is 0.311 e.